The van der Waals surface area contributed by atoms with Gasteiger partial charge in [0.25, 0.3) is 0 Å². The molecule has 1 saturated carbocycles. The van der Waals surface area contributed by atoms with Gasteiger partial charge in [0, 0.05) is 25.1 Å². The maximum Gasteiger partial charge on any atom is 0.407 e. The zero-order chi connectivity index (χ0) is 19.9. The van der Waals surface area contributed by atoms with Crippen LogP contribution in [0.5, 0.6) is 5.75 Å². The molecule has 1 unspecified atom stereocenters. The van der Waals surface area contributed by atoms with Crippen molar-refractivity contribution in [3.8, 4) is 5.75 Å². The van der Waals surface area contributed by atoms with Gasteiger partial charge in [-0.1, -0.05) is 0 Å². The number of carbonyl (C=O) groups is 2. The second-order valence-electron chi connectivity index (χ2n) is 8.15. The molecule has 1 aliphatic carbocycles. The maximum atomic E-state index is 13.8. The van der Waals surface area contributed by atoms with Crippen molar-refractivity contribution in [2.24, 2.45) is 11.8 Å². The van der Waals surface area contributed by atoms with Crippen LogP contribution in [0.2, 0.25) is 0 Å². The van der Waals surface area contributed by atoms with Crippen LogP contribution in [0.1, 0.15) is 32.6 Å². The second kappa shape index (κ2) is 7.22. The molecule has 1 aromatic rings. The number of piperidine rings is 1. The Morgan fingerprint density at radius 1 is 1.32 bits per heavy atom. The Balaban J connectivity index is 1.25. The van der Waals surface area contributed by atoms with E-state index in [0.29, 0.717) is 32.5 Å². The lowest BCUT2D eigenvalue weighted by atomic mass is 9.68. The predicted molar refractivity (Wildman–Crippen MR) is 95.7 cm³/mol. The number of likely N-dealkylation sites (tertiary alicyclic amines) is 1. The van der Waals surface area contributed by atoms with Crippen LogP contribution in [-0.2, 0) is 9.53 Å². The Morgan fingerprint density at radius 3 is 2.64 bits per heavy atom. The second-order valence-corrected chi connectivity index (χ2v) is 8.15. The van der Waals surface area contributed by atoms with Crippen LogP contribution >= 0.6 is 0 Å². The third-order valence-corrected chi connectivity index (χ3v) is 6.19. The van der Waals surface area contributed by atoms with Crippen molar-refractivity contribution in [1.29, 1.82) is 0 Å². The molecule has 4 rings (SSSR count). The van der Waals surface area contributed by atoms with Crippen molar-refractivity contribution in [2.75, 3.05) is 19.7 Å². The number of nitrogens with one attached hydrogen (secondary N) is 1. The van der Waals surface area contributed by atoms with Gasteiger partial charge in [-0.05, 0) is 50.7 Å². The number of hydrogen-bond donors (Lipinski definition) is 1. The van der Waals surface area contributed by atoms with E-state index in [9.17, 15) is 18.4 Å². The normalized spacial score (nSPS) is 28.5. The zero-order valence-corrected chi connectivity index (χ0v) is 15.7. The monoisotopic (exact) mass is 394 g/mol. The highest BCUT2D eigenvalue weighted by Crippen LogP contribution is 2.42. The quantitative estimate of drug-likeness (QED) is 0.853. The minimum atomic E-state index is -0.707. The highest BCUT2D eigenvalue weighted by molar-refractivity contribution is 5.81. The number of halogens is 2. The average molecular weight is 394 g/mol. The molecular weight excluding hydrogens is 370 g/mol. The predicted octanol–water partition coefficient (Wildman–Crippen LogP) is 2.86. The number of ether oxygens (including phenoxy) is 2. The summed E-state index contributed by atoms with van der Waals surface area (Å²) in [5.74, 6) is -1.03. The van der Waals surface area contributed by atoms with Crippen LogP contribution in [-0.4, -0.2) is 48.2 Å². The van der Waals surface area contributed by atoms with E-state index in [4.69, 9.17) is 9.47 Å². The lowest BCUT2D eigenvalue weighted by molar-refractivity contribution is -0.143. The Kier molecular flexibility index (Phi) is 4.89. The van der Waals surface area contributed by atoms with E-state index in [1.807, 2.05) is 11.8 Å². The first-order chi connectivity index (χ1) is 13.3. The van der Waals surface area contributed by atoms with Gasteiger partial charge >= 0.3 is 6.09 Å². The summed E-state index contributed by atoms with van der Waals surface area (Å²) in [4.78, 5) is 25.8. The molecule has 3 fully saturated rings. The molecule has 28 heavy (non-hydrogen) atoms. The highest BCUT2D eigenvalue weighted by atomic mass is 19.1. The summed E-state index contributed by atoms with van der Waals surface area (Å²) in [5.41, 5.74) is -0.350. The molecule has 1 spiro atoms. The molecule has 2 aliphatic heterocycles. The molecule has 0 bridgehead atoms. The van der Waals surface area contributed by atoms with Gasteiger partial charge in [-0.25, -0.2) is 13.6 Å². The van der Waals surface area contributed by atoms with Crippen LogP contribution in [0, 0.1) is 23.5 Å². The van der Waals surface area contributed by atoms with Crippen LogP contribution in [0.3, 0.4) is 0 Å². The molecule has 2 heterocycles. The zero-order valence-electron chi connectivity index (χ0n) is 15.7. The number of alkyl carbamates (subject to hydrolysis) is 1. The number of nitrogens with zero attached hydrogens (tertiary/aromatic N) is 1. The fourth-order valence-electron chi connectivity index (χ4n) is 4.49. The molecule has 0 aromatic heterocycles. The molecule has 3 aliphatic rings. The number of amides is 2. The summed E-state index contributed by atoms with van der Waals surface area (Å²) < 4.78 is 37.4. The first-order valence-corrected chi connectivity index (χ1v) is 9.71. The lowest BCUT2D eigenvalue weighted by Crippen LogP contribution is -2.58. The third-order valence-electron chi connectivity index (χ3n) is 6.19. The lowest BCUT2D eigenvalue weighted by Gasteiger charge is -2.45. The van der Waals surface area contributed by atoms with Gasteiger partial charge in [-0.3, -0.25) is 4.79 Å². The van der Waals surface area contributed by atoms with Crippen molar-refractivity contribution < 1.29 is 27.8 Å². The van der Waals surface area contributed by atoms with E-state index in [-0.39, 0.29) is 35.1 Å². The van der Waals surface area contributed by atoms with Crippen LogP contribution in [0.4, 0.5) is 13.6 Å². The number of cyclic esters (lactones) is 1. The van der Waals surface area contributed by atoms with Gasteiger partial charge < -0.3 is 19.7 Å². The standard InChI is InChI=1S/C20H24F2N2O4/c1-12(28-17-3-2-15(21)8-16(17)22)13-4-6-24(7-5-13)18(25)14-9-20(10-14)11-27-19(26)23-20/h2-3,8,12-14H,4-7,9-11H2,1H3,(H,23,26)/t12?,14-,20+. The molecule has 1 N–H and O–H groups in total. The van der Waals surface area contributed by atoms with E-state index in [1.165, 1.54) is 12.1 Å². The molecule has 8 heteroatoms. The Morgan fingerprint density at radius 2 is 2.04 bits per heavy atom. The van der Waals surface area contributed by atoms with Gasteiger partial charge in [-0.15, -0.1) is 0 Å². The van der Waals surface area contributed by atoms with Crippen LogP contribution in [0.15, 0.2) is 18.2 Å². The summed E-state index contributed by atoms with van der Waals surface area (Å²) in [7, 11) is 0. The van der Waals surface area contributed by atoms with Gasteiger partial charge in [0.2, 0.25) is 5.91 Å². The third kappa shape index (κ3) is 3.64. The van der Waals surface area contributed by atoms with Crippen molar-refractivity contribution >= 4 is 12.0 Å². The van der Waals surface area contributed by atoms with E-state index in [1.54, 1.807) is 0 Å². The van der Waals surface area contributed by atoms with E-state index < -0.39 is 17.7 Å². The fourth-order valence-corrected chi connectivity index (χ4v) is 4.49. The van der Waals surface area contributed by atoms with Gasteiger partial charge in [0.15, 0.2) is 11.6 Å². The topological polar surface area (TPSA) is 67.9 Å². The molecule has 2 amide bonds. The molecule has 2 saturated heterocycles. The smallest absolute Gasteiger partial charge is 0.407 e. The minimum Gasteiger partial charge on any atom is -0.487 e. The van der Waals surface area contributed by atoms with Crippen molar-refractivity contribution in [2.45, 2.75) is 44.2 Å². The summed E-state index contributed by atoms with van der Waals surface area (Å²) in [6, 6.07) is 3.29. The maximum absolute atomic E-state index is 13.8. The van der Waals surface area contributed by atoms with E-state index in [2.05, 4.69) is 5.32 Å². The SMILES string of the molecule is CC(Oc1ccc(F)cc1F)C1CCN(C(=O)[C@H]2C[C@]3(COC(=O)N3)C2)CC1. The molecule has 1 atom stereocenters. The molecule has 6 nitrogen and oxygen atoms in total. The van der Waals surface area contributed by atoms with Crippen molar-refractivity contribution in [3.05, 3.63) is 29.8 Å². The number of carbonyl (C=O) groups excluding carboxylic acids is 2. The molecule has 1 aromatic carbocycles. The molecular formula is C20H24F2N2O4. The minimum absolute atomic E-state index is 0.0491. The summed E-state index contributed by atoms with van der Waals surface area (Å²) in [5, 5.41) is 2.81. The number of rotatable bonds is 4. The number of benzene rings is 1. The summed E-state index contributed by atoms with van der Waals surface area (Å²) in [6.07, 6.45) is 2.16. The van der Waals surface area contributed by atoms with Crippen molar-refractivity contribution in [1.82, 2.24) is 10.2 Å². The van der Waals surface area contributed by atoms with E-state index in [0.717, 1.165) is 18.9 Å². The van der Waals surface area contributed by atoms with Crippen LogP contribution < -0.4 is 10.1 Å². The summed E-state index contributed by atoms with van der Waals surface area (Å²) in [6.45, 7) is 3.49. The largest absolute Gasteiger partial charge is 0.487 e. The van der Waals surface area contributed by atoms with Crippen molar-refractivity contribution in [3.63, 3.8) is 0 Å². The highest BCUT2D eigenvalue weighted by Gasteiger charge is 2.53. The van der Waals surface area contributed by atoms with Gasteiger partial charge in [-0.2, -0.15) is 0 Å². The van der Waals surface area contributed by atoms with E-state index >= 15 is 0 Å². The first kappa shape index (κ1) is 19.0. The Labute approximate surface area is 162 Å². The first-order valence-electron chi connectivity index (χ1n) is 9.71. The van der Waals surface area contributed by atoms with Crippen LogP contribution in [0.25, 0.3) is 0 Å². The molecule has 152 valence electrons. The fraction of sp³-hybridized carbons (Fsp3) is 0.600. The molecule has 0 radical (unpaired) electrons. The Bertz CT molecular complexity index is 773. The van der Waals surface area contributed by atoms with Gasteiger partial charge in [0.05, 0.1) is 11.6 Å². The van der Waals surface area contributed by atoms with Gasteiger partial charge in [0.1, 0.15) is 12.4 Å². The Hall–Kier alpha value is -2.38. The average Bonchev–Trinajstić information content (AvgIpc) is 3.04. The summed E-state index contributed by atoms with van der Waals surface area (Å²) >= 11 is 0. The number of hydrogen-bond acceptors (Lipinski definition) is 4.